The van der Waals surface area contributed by atoms with Crippen LogP contribution in [0.1, 0.15) is 26.5 Å². The molecule has 5 rings (SSSR count). The highest BCUT2D eigenvalue weighted by atomic mass is 32.2. The predicted molar refractivity (Wildman–Crippen MR) is 154 cm³/mol. The predicted octanol–water partition coefficient (Wildman–Crippen LogP) is 6.04. The van der Waals surface area contributed by atoms with Crippen LogP contribution in [-0.2, 0) is 12.6 Å². The molecule has 2 aromatic carbocycles. The first-order valence-corrected chi connectivity index (χ1v) is 14.9. The number of alkyl halides is 3. The lowest BCUT2D eigenvalue weighted by Gasteiger charge is -2.33. The molecule has 2 aliphatic rings. The molecule has 1 fully saturated rings. The van der Waals surface area contributed by atoms with Crippen LogP contribution in [0.25, 0.3) is 0 Å². The van der Waals surface area contributed by atoms with Crippen molar-refractivity contribution in [3.05, 3.63) is 64.2 Å². The molecule has 0 unspecified atom stereocenters. The number of aromatic nitrogens is 1. The van der Waals surface area contributed by atoms with Crippen LogP contribution in [-0.4, -0.2) is 61.6 Å². The molecule has 0 amide bonds. The monoisotopic (exact) mass is 592 g/mol. The first kappa shape index (κ1) is 29.1. The number of para-hydroxylation sites is 1. The van der Waals surface area contributed by atoms with Gasteiger partial charge in [-0.2, -0.15) is 18.4 Å². The summed E-state index contributed by atoms with van der Waals surface area (Å²) < 4.78 is 43.1. The van der Waals surface area contributed by atoms with Gasteiger partial charge in [-0.05, 0) is 54.3 Å². The molecule has 0 spiro atoms. The lowest BCUT2D eigenvalue weighted by molar-refractivity contribution is -0.140. The van der Waals surface area contributed by atoms with Gasteiger partial charge >= 0.3 is 6.18 Å². The zero-order valence-corrected chi connectivity index (χ0v) is 23.8. The molecule has 13 heteroatoms. The number of carbonyl (C=O) groups excluding carboxylic acids is 1. The third kappa shape index (κ3) is 7.19. The number of benzene rings is 2. The van der Waals surface area contributed by atoms with Crippen LogP contribution < -0.4 is 14.5 Å². The standard InChI is InChI=1S/C17H16F3N5S2.C9H11NOS/c18-17(19,20)15-14(10-21)26-16(23-15)24-5-7-25(8-6-24)27-12-1-2-13-11(9-12)3-4-22-13;1-10(12-2)9-6-4-3-5-8(9)7-11/h1-2,9,22H,3-8H2;3-7H,1-2H3. The minimum absolute atomic E-state index is 0.270. The average Bonchev–Trinajstić information content (AvgIpc) is 3.60. The topological polar surface area (TPSA) is 75.5 Å². The fourth-order valence-electron chi connectivity index (χ4n) is 4.14. The number of nitriles is 1. The van der Waals surface area contributed by atoms with Gasteiger partial charge in [0.25, 0.3) is 0 Å². The normalized spacial score (nSPS) is 15.0. The third-order valence-electron chi connectivity index (χ3n) is 6.19. The third-order valence-corrected chi connectivity index (χ3v) is 9.05. The van der Waals surface area contributed by atoms with Crippen molar-refractivity contribution in [3.63, 3.8) is 0 Å². The Labute approximate surface area is 238 Å². The van der Waals surface area contributed by atoms with Crippen molar-refractivity contribution in [3.8, 4) is 6.07 Å². The molecular formula is C26H27F3N6OS3. The van der Waals surface area contributed by atoms with Gasteiger partial charge in [0.1, 0.15) is 10.9 Å². The quantitative estimate of drug-likeness (QED) is 0.272. The van der Waals surface area contributed by atoms with Crippen molar-refractivity contribution in [2.75, 3.05) is 60.5 Å². The van der Waals surface area contributed by atoms with Crippen molar-refractivity contribution in [2.45, 2.75) is 17.5 Å². The molecule has 206 valence electrons. The first-order chi connectivity index (χ1) is 18.7. The Morgan fingerprint density at radius 3 is 2.56 bits per heavy atom. The van der Waals surface area contributed by atoms with Crippen LogP contribution >= 0.6 is 35.2 Å². The summed E-state index contributed by atoms with van der Waals surface area (Å²) in [6.07, 6.45) is -0.714. The number of rotatable bonds is 6. The van der Waals surface area contributed by atoms with Crippen LogP contribution in [0.15, 0.2) is 47.4 Å². The smallest absolute Gasteiger partial charge is 0.384 e. The number of halogens is 3. The maximum atomic E-state index is 13.0. The van der Waals surface area contributed by atoms with E-state index in [-0.39, 0.29) is 10.0 Å². The van der Waals surface area contributed by atoms with Crippen LogP contribution in [0.5, 0.6) is 0 Å². The van der Waals surface area contributed by atoms with Crippen LogP contribution in [0.3, 0.4) is 0 Å². The largest absolute Gasteiger partial charge is 0.435 e. The van der Waals surface area contributed by atoms with Crippen molar-refractivity contribution < 1.29 is 18.0 Å². The summed E-state index contributed by atoms with van der Waals surface area (Å²) in [6.45, 7) is 3.55. The summed E-state index contributed by atoms with van der Waals surface area (Å²) in [5.41, 5.74) is 3.13. The molecule has 0 aliphatic carbocycles. The molecule has 0 atom stereocenters. The van der Waals surface area contributed by atoms with Crippen molar-refractivity contribution in [2.24, 2.45) is 0 Å². The molecule has 0 saturated carbocycles. The van der Waals surface area contributed by atoms with Gasteiger partial charge < -0.3 is 14.5 Å². The van der Waals surface area contributed by atoms with Gasteiger partial charge in [0.15, 0.2) is 17.1 Å². The summed E-state index contributed by atoms with van der Waals surface area (Å²) in [7, 11) is 1.94. The van der Waals surface area contributed by atoms with Gasteiger partial charge in [-0.1, -0.05) is 35.4 Å². The first-order valence-electron chi connectivity index (χ1n) is 12.1. The molecule has 0 radical (unpaired) electrons. The summed E-state index contributed by atoms with van der Waals surface area (Å²) in [5, 5.41) is 12.6. The van der Waals surface area contributed by atoms with E-state index in [1.165, 1.54) is 16.1 Å². The Morgan fingerprint density at radius 1 is 1.18 bits per heavy atom. The number of carbonyl (C=O) groups is 1. The minimum atomic E-state index is -4.60. The maximum Gasteiger partial charge on any atom is 0.435 e. The van der Waals surface area contributed by atoms with E-state index in [1.54, 1.807) is 30.0 Å². The Kier molecular flexibility index (Phi) is 9.66. The number of thiazole rings is 1. The van der Waals surface area contributed by atoms with E-state index >= 15 is 0 Å². The van der Waals surface area contributed by atoms with Gasteiger partial charge in [0.2, 0.25) is 0 Å². The fourth-order valence-corrected chi connectivity index (χ4v) is 6.41. The van der Waals surface area contributed by atoms with Gasteiger partial charge in [0, 0.05) is 62.2 Å². The molecule has 1 saturated heterocycles. The van der Waals surface area contributed by atoms with E-state index in [0.29, 0.717) is 26.2 Å². The van der Waals surface area contributed by atoms with E-state index in [2.05, 4.69) is 32.8 Å². The molecule has 1 aromatic heterocycles. The molecule has 39 heavy (non-hydrogen) atoms. The summed E-state index contributed by atoms with van der Waals surface area (Å²) in [5.74, 6) is 0. The number of hydrogen-bond donors (Lipinski definition) is 1. The van der Waals surface area contributed by atoms with E-state index in [1.807, 2.05) is 46.8 Å². The van der Waals surface area contributed by atoms with Gasteiger partial charge in [-0.15, -0.1) is 0 Å². The highest BCUT2D eigenvalue weighted by Gasteiger charge is 2.38. The van der Waals surface area contributed by atoms with E-state index < -0.39 is 11.9 Å². The number of nitrogens with one attached hydrogen (secondary N) is 1. The highest BCUT2D eigenvalue weighted by Crippen LogP contribution is 2.38. The van der Waals surface area contributed by atoms with Crippen molar-refractivity contribution in [1.82, 2.24) is 9.29 Å². The number of anilines is 3. The maximum absolute atomic E-state index is 13.0. The average molecular weight is 593 g/mol. The van der Waals surface area contributed by atoms with E-state index in [0.717, 1.165) is 41.8 Å². The van der Waals surface area contributed by atoms with Gasteiger partial charge in [0.05, 0.1) is 5.69 Å². The Hall–Kier alpha value is -2.92. The number of fused-ring (bicyclic) bond motifs is 1. The molecule has 7 nitrogen and oxygen atoms in total. The minimum Gasteiger partial charge on any atom is -0.384 e. The molecular weight excluding hydrogens is 566 g/mol. The molecule has 3 aromatic rings. The second kappa shape index (κ2) is 13.0. The second-order valence-corrected chi connectivity index (χ2v) is 11.7. The van der Waals surface area contributed by atoms with Gasteiger partial charge in [-0.25, -0.2) is 9.29 Å². The summed E-state index contributed by atoms with van der Waals surface area (Å²) in [6, 6.07) is 15.5. The number of hydrogen-bond acceptors (Lipinski definition) is 10. The van der Waals surface area contributed by atoms with E-state index in [4.69, 9.17) is 5.26 Å². The number of nitrogens with zero attached hydrogens (tertiary/aromatic N) is 5. The van der Waals surface area contributed by atoms with Crippen LogP contribution in [0.2, 0.25) is 0 Å². The zero-order valence-electron chi connectivity index (χ0n) is 21.4. The fraction of sp³-hybridized carbons (Fsp3) is 0.346. The Morgan fingerprint density at radius 2 is 1.92 bits per heavy atom. The highest BCUT2D eigenvalue weighted by molar-refractivity contribution is 7.99. The second-order valence-electron chi connectivity index (χ2n) is 8.64. The lowest BCUT2D eigenvalue weighted by atomic mass is 10.2. The molecule has 3 heterocycles. The summed E-state index contributed by atoms with van der Waals surface area (Å²) in [4.78, 5) is 16.9. The number of piperazine rings is 1. The Balaban J connectivity index is 0.000000247. The SMILES string of the molecule is CSN(C)c1ccccc1C=O.N#Cc1sc(N2CCN(Sc3ccc4c(c3)CCN4)CC2)nc1C(F)(F)F. The number of aldehydes is 1. The van der Waals surface area contributed by atoms with Gasteiger partial charge in [-0.3, -0.25) is 4.79 Å². The van der Waals surface area contributed by atoms with Crippen molar-refractivity contribution >= 4 is 58.0 Å². The molecule has 1 N–H and O–H groups in total. The lowest BCUT2D eigenvalue weighted by Crippen LogP contribution is -2.43. The zero-order chi connectivity index (χ0) is 28.0. The molecule has 0 bridgehead atoms. The summed E-state index contributed by atoms with van der Waals surface area (Å²) >= 11 is 4.07. The van der Waals surface area contributed by atoms with Crippen LogP contribution in [0, 0.1) is 11.3 Å². The van der Waals surface area contributed by atoms with E-state index in [9.17, 15) is 18.0 Å². The Bertz CT molecular complexity index is 1340. The van der Waals surface area contributed by atoms with Crippen LogP contribution in [0.4, 0.5) is 29.7 Å². The molecule has 2 aliphatic heterocycles. The van der Waals surface area contributed by atoms with Crippen molar-refractivity contribution in [1.29, 1.82) is 5.26 Å².